The molecule has 0 aliphatic carbocycles. The average Bonchev–Trinajstić information content (AvgIpc) is 2.15. The molecule has 0 saturated carbocycles. The van der Waals surface area contributed by atoms with Crippen molar-refractivity contribution in [3.63, 3.8) is 0 Å². The highest BCUT2D eigenvalue weighted by atomic mass is 15.0. The zero-order valence-electron chi connectivity index (χ0n) is 10.8. The number of rotatable bonds is 5. The first kappa shape index (κ1) is 13.0. The Morgan fingerprint density at radius 1 is 1.19 bits per heavy atom. The molecule has 0 amide bonds. The summed E-state index contributed by atoms with van der Waals surface area (Å²) in [6, 6.07) is 6.02. The first-order valence-electron chi connectivity index (χ1n) is 5.86. The molecule has 0 atom stereocenters. The second-order valence-corrected chi connectivity index (χ2v) is 5.33. The van der Waals surface area contributed by atoms with E-state index >= 15 is 0 Å². The highest BCUT2D eigenvalue weighted by Gasteiger charge is 2.08. The van der Waals surface area contributed by atoms with Crippen LogP contribution in [0.15, 0.2) is 18.2 Å². The monoisotopic (exact) mass is 221 g/mol. The van der Waals surface area contributed by atoms with E-state index in [1.54, 1.807) is 0 Å². The number of nitrogens with zero attached hydrogens (tertiary/aromatic N) is 1. The van der Waals surface area contributed by atoms with Crippen molar-refractivity contribution in [3.8, 4) is 0 Å². The molecule has 3 nitrogen and oxygen atoms in total. The number of nitrogens with one attached hydrogen (secondary N) is 2. The van der Waals surface area contributed by atoms with Crippen LogP contribution in [-0.4, -0.2) is 24.6 Å². The van der Waals surface area contributed by atoms with Crippen LogP contribution in [0.2, 0.25) is 0 Å². The van der Waals surface area contributed by atoms with Crippen LogP contribution >= 0.6 is 0 Å². The number of aromatic nitrogens is 1. The number of aryl methyl sites for hydroxylation is 1. The van der Waals surface area contributed by atoms with Crippen molar-refractivity contribution in [2.24, 2.45) is 5.41 Å². The van der Waals surface area contributed by atoms with Gasteiger partial charge in [-0.3, -0.25) is 0 Å². The molecule has 2 N–H and O–H groups in total. The molecule has 0 bridgehead atoms. The van der Waals surface area contributed by atoms with E-state index in [4.69, 9.17) is 0 Å². The van der Waals surface area contributed by atoms with E-state index in [1.165, 1.54) is 0 Å². The molecule has 0 aromatic carbocycles. The van der Waals surface area contributed by atoms with Gasteiger partial charge >= 0.3 is 0 Å². The molecule has 1 heterocycles. The van der Waals surface area contributed by atoms with Gasteiger partial charge in [-0.2, -0.15) is 0 Å². The van der Waals surface area contributed by atoms with Crippen molar-refractivity contribution in [1.82, 2.24) is 10.3 Å². The summed E-state index contributed by atoms with van der Waals surface area (Å²) in [4.78, 5) is 4.38. The molecule has 0 saturated heterocycles. The zero-order chi connectivity index (χ0) is 12.0. The summed E-state index contributed by atoms with van der Waals surface area (Å²) in [6.07, 6.45) is 0. The summed E-state index contributed by atoms with van der Waals surface area (Å²) in [5.41, 5.74) is 1.40. The maximum atomic E-state index is 4.38. The van der Waals surface area contributed by atoms with Gasteiger partial charge in [0.15, 0.2) is 0 Å². The minimum absolute atomic E-state index is 0.349. The molecular weight excluding hydrogens is 198 g/mol. The van der Waals surface area contributed by atoms with Crippen LogP contribution < -0.4 is 10.6 Å². The minimum atomic E-state index is 0.349. The van der Waals surface area contributed by atoms with E-state index in [9.17, 15) is 0 Å². The molecule has 0 radical (unpaired) electrons. The molecule has 0 fully saturated rings. The second kappa shape index (κ2) is 5.85. The second-order valence-electron chi connectivity index (χ2n) is 5.33. The number of hydrogen-bond donors (Lipinski definition) is 2. The molecule has 0 aliphatic heterocycles. The first-order valence-corrected chi connectivity index (χ1v) is 5.86. The Bertz CT molecular complexity index is 315. The van der Waals surface area contributed by atoms with E-state index in [2.05, 4.69) is 36.4 Å². The van der Waals surface area contributed by atoms with E-state index in [-0.39, 0.29) is 0 Å². The Morgan fingerprint density at radius 3 is 2.56 bits per heavy atom. The molecule has 90 valence electrons. The molecule has 0 spiro atoms. The van der Waals surface area contributed by atoms with Gasteiger partial charge in [-0.25, -0.2) is 4.98 Å². The predicted octanol–water partition coefficient (Wildman–Crippen LogP) is 2.44. The van der Waals surface area contributed by atoms with Crippen LogP contribution in [0.5, 0.6) is 0 Å². The van der Waals surface area contributed by atoms with Crippen molar-refractivity contribution < 1.29 is 0 Å². The SMILES string of the molecule is Cc1cccc(NCCNCC(C)(C)C)n1. The van der Waals surface area contributed by atoms with Crippen LogP contribution in [0, 0.1) is 12.3 Å². The van der Waals surface area contributed by atoms with E-state index in [0.717, 1.165) is 31.1 Å². The maximum Gasteiger partial charge on any atom is 0.126 e. The van der Waals surface area contributed by atoms with Crippen LogP contribution in [0.4, 0.5) is 5.82 Å². The highest BCUT2D eigenvalue weighted by Crippen LogP contribution is 2.09. The fraction of sp³-hybridized carbons (Fsp3) is 0.615. The Morgan fingerprint density at radius 2 is 1.94 bits per heavy atom. The average molecular weight is 221 g/mol. The van der Waals surface area contributed by atoms with Gasteiger partial charge in [0.1, 0.15) is 5.82 Å². The summed E-state index contributed by atoms with van der Waals surface area (Å²) in [7, 11) is 0. The quantitative estimate of drug-likeness (QED) is 0.750. The number of hydrogen-bond acceptors (Lipinski definition) is 3. The lowest BCUT2D eigenvalue weighted by Crippen LogP contribution is -2.30. The normalized spacial score (nSPS) is 11.5. The summed E-state index contributed by atoms with van der Waals surface area (Å²) in [6.45, 7) is 11.6. The molecule has 1 aromatic rings. The van der Waals surface area contributed by atoms with Crippen LogP contribution in [0.25, 0.3) is 0 Å². The Hall–Kier alpha value is -1.09. The molecule has 3 heteroatoms. The van der Waals surface area contributed by atoms with Gasteiger partial charge in [0.25, 0.3) is 0 Å². The van der Waals surface area contributed by atoms with Crippen molar-refractivity contribution in [2.45, 2.75) is 27.7 Å². The summed E-state index contributed by atoms with van der Waals surface area (Å²) in [5, 5.41) is 6.72. The van der Waals surface area contributed by atoms with Gasteiger partial charge in [-0.05, 0) is 24.5 Å². The fourth-order valence-electron chi connectivity index (χ4n) is 1.38. The lowest BCUT2D eigenvalue weighted by molar-refractivity contribution is 0.384. The molecule has 1 aromatic heterocycles. The largest absolute Gasteiger partial charge is 0.369 e. The Labute approximate surface area is 98.7 Å². The third-order valence-corrected chi connectivity index (χ3v) is 2.15. The molecule has 1 rings (SSSR count). The first-order chi connectivity index (χ1) is 7.47. The van der Waals surface area contributed by atoms with Gasteiger partial charge in [0.2, 0.25) is 0 Å². The van der Waals surface area contributed by atoms with Crippen LogP contribution in [0.3, 0.4) is 0 Å². The topological polar surface area (TPSA) is 37.0 Å². The standard InChI is InChI=1S/C13H23N3/c1-11-6-5-7-12(16-11)15-9-8-14-10-13(2,3)4/h5-7,14H,8-10H2,1-4H3,(H,15,16). The third kappa shape index (κ3) is 5.71. The van der Waals surface area contributed by atoms with E-state index < -0.39 is 0 Å². The Kier molecular flexibility index (Phi) is 4.74. The molecule has 0 unspecified atom stereocenters. The number of anilines is 1. The van der Waals surface area contributed by atoms with E-state index in [0.29, 0.717) is 5.41 Å². The smallest absolute Gasteiger partial charge is 0.126 e. The summed E-state index contributed by atoms with van der Waals surface area (Å²) >= 11 is 0. The highest BCUT2D eigenvalue weighted by molar-refractivity contribution is 5.34. The van der Waals surface area contributed by atoms with Crippen molar-refractivity contribution in [2.75, 3.05) is 25.0 Å². The van der Waals surface area contributed by atoms with Gasteiger partial charge in [0, 0.05) is 25.3 Å². The van der Waals surface area contributed by atoms with Crippen LogP contribution in [-0.2, 0) is 0 Å². The molecular formula is C13H23N3. The van der Waals surface area contributed by atoms with Gasteiger partial charge in [0.05, 0.1) is 0 Å². The van der Waals surface area contributed by atoms with Gasteiger partial charge in [-0.1, -0.05) is 26.8 Å². The fourth-order valence-corrected chi connectivity index (χ4v) is 1.38. The number of pyridine rings is 1. The summed E-state index contributed by atoms with van der Waals surface area (Å²) in [5.74, 6) is 0.956. The van der Waals surface area contributed by atoms with Gasteiger partial charge < -0.3 is 10.6 Å². The lowest BCUT2D eigenvalue weighted by atomic mass is 9.97. The minimum Gasteiger partial charge on any atom is -0.369 e. The predicted molar refractivity (Wildman–Crippen MR) is 69.8 cm³/mol. The zero-order valence-corrected chi connectivity index (χ0v) is 10.8. The maximum absolute atomic E-state index is 4.38. The van der Waals surface area contributed by atoms with Crippen LogP contribution in [0.1, 0.15) is 26.5 Å². The van der Waals surface area contributed by atoms with Crippen molar-refractivity contribution in [3.05, 3.63) is 23.9 Å². The molecule has 16 heavy (non-hydrogen) atoms. The lowest BCUT2D eigenvalue weighted by Gasteiger charge is -2.18. The van der Waals surface area contributed by atoms with Gasteiger partial charge in [-0.15, -0.1) is 0 Å². The third-order valence-electron chi connectivity index (χ3n) is 2.15. The Balaban J connectivity index is 2.17. The summed E-state index contributed by atoms with van der Waals surface area (Å²) < 4.78 is 0. The van der Waals surface area contributed by atoms with Crippen molar-refractivity contribution >= 4 is 5.82 Å². The van der Waals surface area contributed by atoms with Crippen molar-refractivity contribution in [1.29, 1.82) is 0 Å². The van der Waals surface area contributed by atoms with E-state index in [1.807, 2.05) is 25.1 Å². The molecule has 0 aliphatic rings.